The second-order valence-corrected chi connectivity index (χ2v) is 8.70. The zero-order chi connectivity index (χ0) is 20.8. The number of nitrogen functional groups attached to an aromatic ring is 1. The Bertz CT molecular complexity index is 1020. The maximum absolute atomic E-state index is 12.1. The molecule has 0 bridgehead atoms. The van der Waals surface area contributed by atoms with Crippen molar-refractivity contribution in [3.8, 4) is 5.75 Å². The fourth-order valence-electron chi connectivity index (χ4n) is 2.02. The third-order valence-electron chi connectivity index (χ3n) is 3.33. The number of carbonyl (C=O) groups is 1. The third-order valence-corrected chi connectivity index (χ3v) is 5.49. The molecule has 10 nitrogen and oxygen atoms in total. The first-order valence-electron chi connectivity index (χ1n) is 7.78. The van der Waals surface area contributed by atoms with Crippen molar-refractivity contribution in [3.63, 3.8) is 0 Å². The van der Waals surface area contributed by atoms with Gasteiger partial charge in [-0.25, -0.2) is 12.6 Å². The highest BCUT2D eigenvalue weighted by Gasteiger charge is 2.16. The van der Waals surface area contributed by atoms with Crippen LogP contribution in [-0.2, 0) is 29.2 Å². The average molecular weight is 430 g/mol. The summed E-state index contributed by atoms with van der Waals surface area (Å²) >= 11 is 0. The van der Waals surface area contributed by atoms with E-state index >= 15 is 0 Å². The standard InChI is InChI=1S/C16H18N2O8S2/c17-12-1-5-14(6-2-12)25-11-16(19)18-13-3-7-15(8-4-13)27(20,21)10-9-26-28(22,23)24/h1-8H,9-11,17H2,(H,18,19)(H,22,23,24). The van der Waals surface area contributed by atoms with E-state index in [0.29, 0.717) is 17.1 Å². The lowest BCUT2D eigenvalue weighted by Crippen LogP contribution is -2.20. The molecule has 0 saturated heterocycles. The van der Waals surface area contributed by atoms with Gasteiger partial charge in [-0.05, 0) is 48.5 Å². The molecule has 2 aromatic rings. The lowest BCUT2D eigenvalue weighted by molar-refractivity contribution is -0.118. The number of ether oxygens (including phenoxy) is 1. The fourth-order valence-corrected chi connectivity index (χ4v) is 3.51. The van der Waals surface area contributed by atoms with Gasteiger partial charge in [-0.3, -0.25) is 9.35 Å². The van der Waals surface area contributed by atoms with Gasteiger partial charge in [-0.2, -0.15) is 8.42 Å². The van der Waals surface area contributed by atoms with Crippen LogP contribution in [0.4, 0.5) is 11.4 Å². The highest BCUT2D eigenvalue weighted by molar-refractivity contribution is 7.91. The van der Waals surface area contributed by atoms with Gasteiger partial charge in [-0.1, -0.05) is 0 Å². The second-order valence-electron chi connectivity index (χ2n) is 5.50. The Hall–Kier alpha value is -2.67. The molecule has 152 valence electrons. The van der Waals surface area contributed by atoms with E-state index in [1.165, 1.54) is 24.3 Å². The Balaban J connectivity index is 1.88. The van der Waals surface area contributed by atoms with Crippen molar-refractivity contribution in [2.24, 2.45) is 0 Å². The summed E-state index contributed by atoms with van der Waals surface area (Å²) in [4.78, 5) is 11.8. The number of nitrogens with one attached hydrogen (secondary N) is 1. The summed E-state index contributed by atoms with van der Waals surface area (Å²) in [6.07, 6.45) is 0. The summed E-state index contributed by atoms with van der Waals surface area (Å²) in [5.41, 5.74) is 6.46. The molecular formula is C16H18N2O8S2. The van der Waals surface area contributed by atoms with E-state index in [1.807, 2.05) is 0 Å². The molecule has 28 heavy (non-hydrogen) atoms. The van der Waals surface area contributed by atoms with E-state index in [9.17, 15) is 21.6 Å². The molecule has 4 N–H and O–H groups in total. The number of benzene rings is 2. The number of carbonyl (C=O) groups excluding carboxylic acids is 1. The minimum absolute atomic E-state index is 0.0949. The Morgan fingerprint density at radius 1 is 1.00 bits per heavy atom. The zero-order valence-corrected chi connectivity index (χ0v) is 16.1. The van der Waals surface area contributed by atoms with Crippen molar-refractivity contribution in [2.45, 2.75) is 4.90 Å². The summed E-state index contributed by atoms with van der Waals surface area (Å²) in [6, 6.07) is 11.7. The van der Waals surface area contributed by atoms with Gasteiger partial charge in [0.25, 0.3) is 5.91 Å². The minimum atomic E-state index is -4.71. The van der Waals surface area contributed by atoms with E-state index in [0.717, 1.165) is 0 Å². The Labute approximate surface area is 162 Å². The van der Waals surface area contributed by atoms with Gasteiger partial charge in [0.15, 0.2) is 16.4 Å². The van der Waals surface area contributed by atoms with Gasteiger partial charge < -0.3 is 15.8 Å². The highest BCUT2D eigenvalue weighted by atomic mass is 32.3. The molecule has 0 aliphatic heterocycles. The molecule has 2 aromatic carbocycles. The summed E-state index contributed by atoms with van der Waals surface area (Å²) in [5.74, 6) is -0.625. The van der Waals surface area contributed by atoms with E-state index in [-0.39, 0.29) is 11.5 Å². The number of hydrogen-bond donors (Lipinski definition) is 3. The number of amides is 1. The molecule has 0 aliphatic carbocycles. The van der Waals surface area contributed by atoms with Crippen molar-refractivity contribution in [2.75, 3.05) is 30.0 Å². The van der Waals surface area contributed by atoms with Crippen molar-refractivity contribution < 1.29 is 35.1 Å². The molecule has 12 heteroatoms. The van der Waals surface area contributed by atoms with Crippen LogP contribution in [0.15, 0.2) is 53.4 Å². The number of nitrogens with two attached hydrogens (primary N) is 1. The first-order chi connectivity index (χ1) is 13.0. The second kappa shape index (κ2) is 9.01. The summed E-state index contributed by atoms with van der Waals surface area (Å²) < 4.78 is 62.7. The first-order valence-corrected chi connectivity index (χ1v) is 10.8. The van der Waals surface area contributed by atoms with Crippen LogP contribution >= 0.6 is 0 Å². The van der Waals surface area contributed by atoms with Crippen LogP contribution < -0.4 is 15.8 Å². The Kier molecular flexibility index (Phi) is 6.96. The maximum atomic E-state index is 12.1. The van der Waals surface area contributed by atoms with Crippen LogP contribution in [0.1, 0.15) is 0 Å². The smallest absolute Gasteiger partial charge is 0.397 e. The van der Waals surface area contributed by atoms with Crippen LogP contribution in [0.2, 0.25) is 0 Å². The van der Waals surface area contributed by atoms with Crippen LogP contribution in [0.25, 0.3) is 0 Å². The molecule has 0 aliphatic rings. The SMILES string of the molecule is Nc1ccc(OCC(=O)Nc2ccc(S(=O)(=O)CCOS(=O)(=O)O)cc2)cc1. The quantitative estimate of drug-likeness (QED) is 0.387. The molecule has 0 fully saturated rings. The summed E-state index contributed by atoms with van der Waals surface area (Å²) in [7, 11) is -8.53. The molecular weight excluding hydrogens is 412 g/mol. The average Bonchev–Trinajstić information content (AvgIpc) is 2.60. The fraction of sp³-hybridized carbons (Fsp3) is 0.188. The Morgan fingerprint density at radius 2 is 1.61 bits per heavy atom. The number of anilines is 2. The van der Waals surface area contributed by atoms with Crippen LogP contribution in [-0.4, -0.2) is 46.3 Å². The minimum Gasteiger partial charge on any atom is -0.484 e. The van der Waals surface area contributed by atoms with Gasteiger partial charge >= 0.3 is 10.4 Å². The van der Waals surface area contributed by atoms with Gasteiger partial charge in [0.2, 0.25) is 0 Å². The van der Waals surface area contributed by atoms with Gasteiger partial charge in [0.1, 0.15) is 5.75 Å². The lowest BCUT2D eigenvalue weighted by Gasteiger charge is -2.09. The summed E-state index contributed by atoms with van der Waals surface area (Å²) in [5, 5.41) is 2.54. The number of sulfone groups is 1. The molecule has 0 unspecified atom stereocenters. The molecule has 0 heterocycles. The molecule has 0 atom stereocenters. The van der Waals surface area contributed by atoms with Crippen molar-refractivity contribution in [3.05, 3.63) is 48.5 Å². The van der Waals surface area contributed by atoms with Gasteiger partial charge in [-0.15, -0.1) is 0 Å². The molecule has 0 spiro atoms. The molecule has 0 saturated carbocycles. The largest absolute Gasteiger partial charge is 0.484 e. The van der Waals surface area contributed by atoms with Crippen LogP contribution in [0.3, 0.4) is 0 Å². The van der Waals surface area contributed by atoms with E-state index in [4.69, 9.17) is 15.0 Å². The topological polar surface area (TPSA) is 162 Å². The molecule has 0 aromatic heterocycles. The Morgan fingerprint density at radius 3 is 2.18 bits per heavy atom. The predicted octanol–water partition coefficient (Wildman–Crippen LogP) is 0.879. The lowest BCUT2D eigenvalue weighted by atomic mass is 10.3. The summed E-state index contributed by atoms with van der Waals surface area (Å²) in [6.45, 7) is -0.973. The van der Waals surface area contributed by atoms with Gasteiger partial charge in [0, 0.05) is 11.4 Å². The number of rotatable bonds is 9. The predicted molar refractivity (Wildman–Crippen MR) is 101 cm³/mol. The van der Waals surface area contributed by atoms with Crippen molar-refractivity contribution >= 4 is 37.5 Å². The van der Waals surface area contributed by atoms with Crippen LogP contribution in [0.5, 0.6) is 5.75 Å². The molecule has 2 rings (SSSR count). The monoisotopic (exact) mass is 430 g/mol. The van der Waals surface area contributed by atoms with E-state index in [1.54, 1.807) is 24.3 Å². The molecule has 0 radical (unpaired) electrons. The highest BCUT2D eigenvalue weighted by Crippen LogP contribution is 2.16. The zero-order valence-electron chi connectivity index (χ0n) is 14.4. The third kappa shape index (κ3) is 7.15. The van der Waals surface area contributed by atoms with E-state index in [2.05, 4.69) is 9.50 Å². The van der Waals surface area contributed by atoms with Gasteiger partial charge in [0.05, 0.1) is 17.3 Å². The molecule has 1 amide bonds. The number of hydrogen-bond acceptors (Lipinski definition) is 8. The van der Waals surface area contributed by atoms with Crippen molar-refractivity contribution in [1.82, 2.24) is 0 Å². The first kappa shape index (κ1) is 21.6. The van der Waals surface area contributed by atoms with Crippen LogP contribution in [0, 0.1) is 0 Å². The van der Waals surface area contributed by atoms with E-state index < -0.39 is 38.5 Å². The van der Waals surface area contributed by atoms with Crippen molar-refractivity contribution in [1.29, 1.82) is 0 Å². The normalized spacial score (nSPS) is 11.8. The maximum Gasteiger partial charge on any atom is 0.397 e.